The monoisotopic (exact) mass is 426 g/mol. The van der Waals surface area contributed by atoms with Crippen molar-refractivity contribution < 1.29 is 23.8 Å². The van der Waals surface area contributed by atoms with Gasteiger partial charge in [-0.2, -0.15) is 0 Å². The average Bonchev–Trinajstić information content (AvgIpc) is 3.02. The highest BCUT2D eigenvalue weighted by Gasteiger charge is 2.30. The highest BCUT2D eigenvalue weighted by atomic mass is 32.2. The molecular weight excluding hydrogens is 404 g/mol. The van der Waals surface area contributed by atoms with E-state index in [1.54, 1.807) is 70.7 Å². The molecule has 0 aliphatic carbocycles. The number of ether oxygens (including phenoxy) is 3. The lowest BCUT2D eigenvalue weighted by atomic mass is 10.1. The molecule has 7 nitrogen and oxygen atoms in total. The van der Waals surface area contributed by atoms with Crippen molar-refractivity contribution in [2.75, 3.05) is 27.9 Å². The fourth-order valence-electron chi connectivity index (χ4n) is 2.76. The number of carbonyl (C=O) groups excluding carboxylic acids is 2. The van der Waals surface area contributed by atoms with E-state index in [0.717, 1.165) is 5.56 Å². The molecule has 2 aromatic rings. The van der Waals surface area contributed by atoms with E-state index in [1.807, 2.05) is 6.07 Å². The van der Waals surface area contributed by atoms with Crippen LogP contribution in [0.4, 0.5) is 5.69 Å². The number of hydrogen-bond acceptors (Lipinski definition) is 7. The van der Waals surface area contributed by atoms with E-state index in [2.05, 4.69) is 4.99 Å². The molecule has 1 aliphatic rings. The lowest BCUT2D eigenvalue weighted by molar-refractivity contribution is -0.121. The van der Waals surface area contributed by atoms with Crippen LogP contribution in [0.15, 0.2) is 52.4 Å². The molecule has 1 aliphatic heterocycles. The van der Waals surface area contributed by atoms with Crippen LogP contribution in [0, 0.1) is 0 Å². The number of carbonyl (C=O) groups is 2. The highest BCUT2D eigenvalue weighted by molar-refractivity contribution is 8.18. The third kappa shape index (κ3) is 4.65. The van der Waals surface area contributed by atoms with Gasteiger partial charge in [-0.25, -0.2) is 9.79 Å². The Kier molecular flexibility index (Phi) is 6.79. The minimum atomic E-state index is -0.407. The fraction of sp³-hybridized carbons (Fsp3) is 0.227. The molecule has 0 N–H and O–H groups in total. The van der Waals surface area contributed by atoms with Crippen molar-refractivity contribution >= 4 is 40.6 Å². The van der Waals surface area contributed by atoms with E-state index in [-0.39, 0.29) is 5.91 Å². The summed E-state index contributed by atoms with van der Waals surface area (Å²) in [4.78, 5) is 31.2. The van der Waals surface area contributed by atoms with Crippen molar-refractivity contribution in [1.29, 1.82) is 0 Å². The van der Waals surface area contributed by atoms with E-state index in [0.29, 0.717) is 39.4 Å². The van der Waals surface area contributed by atoms with Gasteiger partial charge in [-0.3, -0.25) is 9.69 Å². The Morgan fingerprint density at radius 3 is 2.67 bits per heavy atom. The minimum Gasteiger partial charge on any atom is -0.497 e. The molecular formula is C22H22N2O5S. The van der Waals surface area contributed by atoms with E-state index >= 15 is 0 Å². The second-order valence-corrected chi connectivity index (χ2v) is 7.26. The summed E-state index contributed by atoms with van der Waals surface area (Å²) < 4.78 is 15.6. The van der Waals surface area contributed by atoms with E-state index < -0.39 is 5.97 Å². The Bertz CT molecular complexity index is 1030. The van der Waals surface area contributed by atoms with Crippen molar-refractivity contribution in [3.8, 4) is 11.5 Å². The van der Waals surface area contributed by atoms with E-state index in [1.165, 1.54) is 16.7 Å². The zero-order valence-corrected chi connectivity index (χ0v) is 18.0. The molecule has 0 saturated carbocycles. The summed E-state index contributed by atoms with van der Waals surface area (Å²) in [5.74, 6) is 0.694. The number of hydrogen-bond donors (Lipinski definition) is 0. The quantitative estimate of drug-likeness (QED) is 0.511. The first-order chi connectivity index (χ1) is 14.5. The first-order valence-electron chi connectivity index (χ1n) is 9.22. The van der Waals surface area contributed by atoms with Crippen LogP contribution in [-0.2, 0) is 9.53 Å². The largest absolute Gasteiger partial charge is 0.497 e. The summed E-state index contributed by atoms with van der Waals surface area (Å²) in [7, 11) is 4.81. The van der Waals surface area contributed by atoms with E-state index in [4.69, 9.17) is 14.2 Å². The predicted octanol–water partition coefficient (Wildman–Crippen LogP) is 4.11. The average molecular weight is 426 g/mol. The Hall–Kier alpha value is -3.26. The van der Waals surface area contributed by atoms with Crippen LogP contribution in [-0.4, -0.2) is 49.8 Å². The van der Waals surface area contributed by atoms with Crippen LogP contribution in [0.2, 0.25) is 0 Å². The molecule has 1 amide bonds. The molecule has 1 saturated heterocycles. The minimum absolute atomic E-state index is 0.168. The molecule has 2 aromatic carbocycles. The zero-order valence-electron chi connectivity index (χ0n) is 17.2. The first-order valence-corrected chi connectivity index (χ1v) is 10.0. The fourth-order valence-corrected chi connectivity index (χ4v) is 3.74. The number of esters is 1. The topological polar surface area (TPSA) is 77.4 Å². The number of likely N-dealkylation sites (N-methyl/N-ethyl adjacent to an activating group) is 1. The molecule has 0 atom stereocenters. The maximum atomic E-state index is 12.7. The first kappa shape index (κ1) is 21.4. The number of benzene rings is 2. The molecule has 0 radical (unpaired) electrons. The van der Waals surface area contributed by atoms with E-state index in [9.17, 15) is 9.59 Å². The van der Waals surface area contributed by atoms with Crippen LogP contribution in [0.1, 0.15) is 22.8 Å². The molecule has 0 bridgehead atoms. The molecule has 0 aromatic heterocycles. The number of amides is 1. The second kappa shape index (κ2) is 9.49. The third-order valence-electron chi connectivity index (χ3n) is 4.31. The van der Waals surface area contributed by atoms with Gasteiger partial charge in [0.2, 0.25) is 0 Å². The van der Waals surface area contributed by atoms with Gasteiger partial charge in [0.15, 0.2) is 5.17 Å². The normalized spacial score (nSPS) is 16.3. The summed E-state index contributed by atoms with van der Waals surface area (Å²) in [6.45, 7) is 2.05. The lowest BCUT2D eigenvalue weighted by Gasteiger charge is -2.08. The number of nitrogens with zero attached hydrogens (tertiary/aromatic N) is 2. The molecule has 156 valence electrons. The van der Waals surface area contributed by atoms with Gasteiger partial charge >= 0.3 is 5.97 Å². The maximum Gasteiger partial charge on any atom is 0.338 e. The van der Waals surface area contributed by atoms with Crippen LogP contribution in [0.25, 0.3) is 6.08 Å². The van der Waals surface area contributed by atoms with Crippen molar-refractivity contribution in [3.05, 3.63) is 58.5 Å². The Balaban J connectivity index is 1.89. The van der Waals surface area contributed by atoms with Gasteiger partial charge < -0.3 is 14.2 Å². The SMILES string of the molecule is CCOC(=O)c1cccc(N=C2SC(=Cc3ccc(OC)cc3OC)C(=O)N2C)c1. The molecule has 30 heavy (non-hydrogen) atoms. The summed E-state index contributed by atoms with van der Waals surface area (Å²) in [5, 5.41) is 0.514. The van der Waals surface area contributed by atoms with Gasteiger partial charge in [0.05, 0.1) is 37.0 Å². The Morgan fingerprint density at radius 2 is 1.97 bits per heavy atom. The number of aliphatic imine (C=N–C) groups is 1. The van der Waals surface area contributed by atoms with Gasteiger partial charge in [-0.05, 0) is 55.1 Å². The summed E-state index contributed by atoms with van der Waals surface area (Å²) in [5.41, 5.74) is 1.73. The van der Waals surface area contributed by atoms with Crippen molar-refractivity contribution in [3.63, 3.8) is 0 Å². The van der Waals surface area contributed by atoms with Gasteiger partial charge in [-0.15, -0.1) is 0 Å². The number of methoxy groups -OCH3 is 2. The number of amidine groups is 1. The maximum absolute atomic E-state index is 12.7. The number of rotatable bonds is 6. The Morgan fingerprint density at radius 1 is 1.17 bits per heavy atom. The van der Waals surface area contributed by atoms with Crippen LogP contribution >= 0.6 is 11.8 Å². The smallest absolute Gasteiger partial charge is 0.338 e. The zero-order chi connectivity index (χ0) is 21.7. The third-order valence-corrected chi connectivity index (χ3v) is 5.37. The van der Waals surface area contributed by atoms with Crippen LogP contribution in [0.3, 0.4) is 0 Å². The standard InChI is InChI=1S/C22H22N2O5S/c1-5-29-21(26)15-7-6-8-16(11-15)23-22-24(2)20(25)19(30-22)12-14-9-10-17(27-3)13-18(14)28-4/h6-13H,5H2,1-4H3. The molecule has 3 rings (SSSR count). The number of thioether (sulfide) groups is 1. The van der Waals surface area contributed by atoms with Crippen molar-refractivity contribution in [2.45, 2.75) is 6.92 Å². The Labute approximate surface area is 179 Å². The highest BCUT2D eigenvalue weighted by Crippen LogP contribution is 2.35. The summed E-state index contributed by atoms with van der Waals surface area (Å²) in [6, 6.07) is 12.2. The molecule has 0 unspecified atom stereocenters. The van der Waals surface area contributed by atoms with Crippen LogP contribution < -0.4 is 9.47 Å². The molecule has 8 heteroatoms. The molecule has 1 fully saturated rings. The van der Waals surface area contributed by atoms with Gasteiger partial charge in [0, 0.05) is 18.7 Å². The molecule has 1 heterocycles. The summed E-state index contributed by atoms with van der Waals surface area (Å²) in [6.07, 6.45) is 1.76. The van der Waals surface area contributed by atoms with Gasteiger partial charge in [0.1, 0.15) is 11.5 Å². The predicted molar refractivity (Wildman–Crippen MR) is 117 cm³/mol. The van der Waals surface area contributed by atoms with Crippen molar-refractivity contribution in [2.24, 2.45) is 4.99 Å². The second-order valence-electron chi connectivity index (χ2n) is 6.25. The van der Waals surface area contributed by atoms with Crippen molar-refractivity contribution in [1.82, 2.24) is 4.90 Å². The lowest BCUT2D eigenvalue weighted by Crippen LogP contribution is -2.23. The van der Waals surface area contributed by atoms with Gasteiger partial charge in [0.25, 0.3) is 5.91 Å². The van der Waals surface area contributed by atoms with Crippen LogP contribution in [0.5, 0.6) is 11.5 Å². The van der Waals surface area contributed by atoms with Gasteiger partial charge in [-0.1, -0.05) is 6.07 Å². The summed E-state index contributed by atoms with van der Waals surface area (Å²) >= 11 is 1.25. The molecule has 0 spiro atoms.